The highest BCUT2D eigenvalue weighted by atomic mass is 15.0. The highest BCUT2D eigenvalue weighted by Gasteiger charge is 2.11. The maximum atomic E-state index is 5.73. The summed E-state index contributed by atoms with van der Waals surface area (Å²) in [7, 11) is 0. The van der Waals surface area contributed by atoms with Crippen molar-refractivity contribution in [1.29, 1.82) is 0 Å². The number of nitrogens with zero attached hydrogens (tertiary/aromatic N) is 2. The average molecular weight is 217 g/mol. The maximum absolute atomic E-state index is 5.73. The zero-order valence-electron chi connectivity index (χ0n) is 10.2. The second-order valence-electron chi connectivity index (χ2n) is 5.50. The van der Waals surface area contributed by atoms with Crippen molar-refractivity contribution >= 4 is 16.7 Å². The van der Waals surface area contributed by atoms with Gasteiger partial charge in [-0.3, -0.25) is 0 Å². The molecule has 16 heavy (non-hydrogen) atoms. The van der Waals surface area contributed by atoms with E-state index in [1.54, 1.807) is 0 Å². The maximum Gasteiger partial charge on any atom is 0.0958 e. The number of imidazole rings is 1. The molecule has 0 aliphatic rings. The smallest absolute Gasteiger partial charge is 0.0958 e. The first-order valence-corrected chi connectivity index (χ1v) is 5.66. The van der Waals surface area contributed by atoms with Crippen molar-refractivity contribution in [2.75, 3.05) is 5.73 Å². The fourth-order valence-corrected chi connectivity index (χ4v) is 1.71. The zero-order valence-corrected chi connectivity index (χ0v) is 10.2. The van der Waals surface area contributed by atoms with Crippen molar-refractivity contribution in [3.8, 4) is 0 Å². The third-order valence-corrected chi connectivity index (χ3v) is 2.75. The second-order valence-corrected chi connectivity index (χ2v) is 5.50. The Kier molecular flexibility index (Phi) is 2.62. The number of fused-ring (bicyclic) bond motifs is 1. The van der Waals surface area contributed by atoms with Crippen molar-refractivity contribution in [3.05, 3.63) is 24.5 Å². The molecule has 0 saturated heterocycles. The van der Waals surface area contributed by atoms with E-state index in [-0.39, 0.29) is 0 Å². The molecule has 2 aromatic rings. The van der Waals surface area contributed by atoms with Crippen molar-refractivity contribution in [1.82, 2.24) is 9.55 Å². The molecule has 2 N–H and O–H groups in total. The Morgan fingerprint density at radius 3 is 2.75 bits per heavy atom. The number of nitrogens with two attached hydrogens (primary N) is 1. The first-order chi connectivity index (χ1) is 7.46. The first kappa shape index (κ1) is 11.0. The van der Waals surface area contributed by atoms with Crippen LogP contribution >= 0.6 is 0 Å². The number of anilines is 1. The van der Waals surface area contributed by atoms with Crippen LogP contribution in [0.5, 0.6) is 0 Å². The van der Waals surface area contributed by atoms with Gasteiger partial charge in [0.1, 0.15) is 0 Å². The lowest BCUT2D eigenvalue weighted by atomic mass is 9.92. The summed E-state index contributed by atoms with van der Waals surface area (Å²) in [5, 5.41) is 0. The minimum atomic E-state index is 0.352. The molecule has 1 aromatic carbocycles. The van der Waals surface area contributed by atoms with Gasteiger partial charge in [-0.25, -0.2) is 4.98 Å². The van der Waals surface area contributed by atoms with Crippen LogP contribution in [0.4, 0.5) is 5.69 Å². The van der Waals surface area contributed by atoms with Gasteiger partial charge in [-0.15, -0.1) is 0 Å². The molecule has 2 rings (SSSR count). The van der Waals surface area contributed by atoms with E-state index in [1.165, 1.54) is 5.52 Å². The summed E-state index contributed by atoms with van der Waals surface area (Å²) in [4.78, 5) is 4.36. The number of aromatic nitrogens is 2. The normalized spacial score (nSPS) is 12.2. The molecular formula is C13H19N3. The summed E-state index contributed by atoms with van der Waals surface area (Å²) < 4.78 is 2.19. The monoisotopic (exact) mass is 217 g/mol. The molecule has 3 nitrogen and oxygen atoms in total. The van der Waals surface area contributed by atoms with Gasteiger partial charge in [-0.05, 0) is 30.0 Å². The molecule has 0 saturated carbocycles. The Morgan fingerprint density at radius 2 is 2.06 bits per heavy atom. The first-order valence-electron chi connectivity index (χ1n) is 5.66. The minimum absolute atomic E-state index is 0.352. The van der Waals surface area contributed by atoms with E-state index in [0.717, 1.165) is 24.2 Å². The summed E-state index contributed by atoms with van der Waals surface area (Å²) in [5.41, 5.74) is 9.00. The van der Waals surface area contributed by atoms with E-state index >= 15 is 0 Å². The molecule has 1 aromatic heterocycles. The Hall–Kier alpha value is -1.51. The molecule has 0 fully saturated rings. The van der Waals surface area contributed by atoms with Gasteiger partial charge in [0.25, 0.3) is 0 Å². The van der Waals surface area contributed by atoms with Crippen LogP contribution in [0, 0.1) is 5.41 Å². The van der Waals surface area contributed by atoms with Crippen LogP contribution in [0.15, 0.2) is 24.5 Å². The van der Waals surface area contributed by atoms with E-state index in [4.69, 9.17) is 5.73 Å². The average Bonchev–Trinajstić information content (AvgIpc) is 2.56. The number of rotatable bonds is 2. The third-order valence-electron chi connectivity index (χ3n) is 2.75. The molecule has 86 valence electrons. The van der Waals surface area contributed by atoms with Crippen LogP contribution in [0.3, 0.4) is 0 Å². The Morgan fingerprint density at radius 1 is 1.31 bits per heavy atom. The number of hydrogen-bond donors (Lipinski definition) is 1. The zero-order chi connectivity index (χ0) is 11.8. The topological polar surface area (TPSA) is 43.8 Å². The Labute approximate surface area is 96.3 Å². The van der Waals surface area contributed by atoms with E-state index in [1.807, 2.05) is 24.5 Å². The number of aryl methyl sites for hydroxylation is 1. The molecule has 3 heteroatoms. The van der Waals surface area contributed by atoms with Crippen molar-refractivity contribution < 1.29 is 0 Å². The van der Waals surface area contributed by atoms with Gasteiger partial charge >= 0.3 is 0 Å². The SMILES string of the molecule is CC(C)(C)CCn1cnc2cc(N)ccc21. The summed E-state index contributed by atoms with van der Waals surface area (Å²) >= 11 is 0. The Balaban J connectivity index is 2.25. The van der Waals surface area contributed by atoms with Crippen LogP contribution in [-0.4, -0.2) is 9.55 Å². The summed E-state index contributed by atoms with van der Waals surface area (Å²) in [5.74, 6) is 0. The lowest BCUT2D eigenvalue weighted by molar-refractivity contribution is 0.352. The van der Waals surface area contributed by atoms with Gasteiger partial charge in [0.05, 0.1) is 17.4 Å². The van der Waals surface area contributed by atoms with Gasteiger partial charge in [-0.2, -0.15) is 0 Å². The van der Waals surface area contributed by atoms with Crippen LogP contribution in [0.2, 0.25) is 0 Å². The largest absolute Gasteiger partial charge is 0.399 e. The molecule has 0 radical (unpaired) electrons. The van der Waals surface area contributed by atoms with Gasteiger partial charge in [0.2, 0.25) is 0 Å². The lowest BCUT2D eigenvalue weighted by Gasteiger charge is -2.18. The van der Waals surface area contributed by atoms with Gasteiger partial charge in [-0.1, -0.05) is 20.8 Å². The number of benzene rings is 1. The molecule has 0 aliphatic heterocycles. The van der Waals surface area contributed by atoms with Crippen LogP contribution in [0.25, 0.3) is 11.0 Å². The molecule has 1 heterocycles. The molecule has 0 amide bonds. The second kappa shape index (κ2) is 3.81. The number of hydrogen-bond acceptors (Lipinski definition) is 2. The third kappa shape index (κ3) is 2.35. The van der Waals surface area contributed by atoms with E-state index in [0.29, 0.717) is 5.41 Å². The summed E-state index contributed by atoms with van der Waals surface area (Å²) in [6.45, 7) is 7.77. The summed E-state index contributed by atoms with van der Waals surface area (Å²) in [6.07, 6.45) is 3.04. The highest BCUT2D eigenvalue weighted by Crippen LogP contribution is 2.22. The van der Waals surface area contributed by atoms with Gasteiger partial charge < -0.3 is 10.3 Å². The predicted octanol–water partition coefficient (Wildman–Crippen LogP) is 3.05. The molecule has 0 bridgehead atoms. The van der Waals surface area contributed by atoms with Crippen LogP contribution < -0.4 is 5.73 Å². The fraction of sp³-hybridized carbons (Fsp3) is 0.462. The molecule has 0 aliphatic carbocycles. The standard InChI is InChI=1S/C13H19N3/c1-13(2,3)6-7-16-9-15-11-8-10(14)4-5-12(11)16/h4-5,8-9H,6-7,14H2,1-3H3. The van der Waals surface area contributed by atoms with Crippen molar-refractivity contribution in [3.63, 3.8) is 0 Å². The van der Waals surface area contributed by atoms with Gasteiger partial charge in [0, 0.05) is 12.2 Å². The van der Waals surface area contributed by atoms with E-state index < -0.39 is 0 Å². The molecule has 0 unspecified atom stereocenters. The fourth-order valence-electron chi connectivity index (χ4n) is 1.71. The number of nitrogen functional groups attached to an aromatic ring is 1. The molecule has 0 atom stereocenters. The molecular weight excluding hydrogens is 198 g/mol. The van der Waals surface area contributed by atoms with Crippen molar-refractivity contribution in [2.45, 2.75) is 33.7 Å². The Bertz CT molecular complexity index is 491. The predicted molar refractivity (Wildman–Crippen MR) is 68.2 cm³/mol. The van der Waals surface area contributed by atoms with E-state index in [2.05, 4.69) is 30.3 Å². The molecule has 0 spiro atoms. The lowest BCUT2D eigenvalue weighted by Crippen LogP contribution is -2.09. The summed E-state index contributed by atoms with van der Waals surface area (Å²) in [6, 6.07) is 5.89. The quantitative estimate of drug-likeness (QED) is 0.786. The van der Waals surface area contributed by atoms with E-state index in [9.17, 15) is 0 Å². The van der Waals surface area contributed by atoms with Gasteiger partial charge in [0.15, 0.2) is 0 Å². The van der Waals surface area contributed by atoms with Crippen LogP contribution in [0.1, 0.15) is 27.2 Å². The van der Waals surface area contributed by atoms with Crippen molar-refractivity contribution in [2.24, 2.45) is 5.41 Å². The van der Waals surface area contributed by atoms with Crippen LogP contribution in [-0.2, 0) is 6.54 Å². The minimum Gasteiger partial charge on any atom is -0.399 e. The highest BCUT2D eigenvalue weighted by molar-refractivity contribution is 5.78.